The maximum Gasteiger partial charge on any atom is 0.0621 e. The lowest BCUT2D eigenvalue weighted by atomic mass is 10.1. The van der Waals surface area contributed by atoms with Crippen molar-refractivity contribution in [1.82, 2.24) is 0 Å². The Hall–Kier alpha value is -0.600. The van der Waals surface area contributed by atoms with Crippen molar-refractivity contribution in [2.75, 3.05) is 19.0 Å². The smallest absolute Gasteiger partial charge is 0.0621 e. The van der Waals surface area contributed by atoms with Gasteiger partial charge in [0.15, 0.2) is 0 Å². The molecule has 1 saturated heterocycles. The molecule has 0 spiro atoms. The second-order valence-corrected chi connectivity index (χ2v) is 5.71. The highest BCUT2D eigenvalue weighted by Crippen LogP contribution is 2.37. The number of hydrogen-bond donors (Lipinski definition) is 0. The Bertz CT molecular complexity index is 346. The summed E-state index contributed by atoms with van der Waals surface area (Å²) in [5, 5.41) is 0.518. The summed E-state index contributed by atoms with van der Waals surface area (Å²) in [5.41, 5.74) is 2.79. The van der Waals surface area contributed by atoms with Crippen molar-refractivity contribution < 1.29 is 4.74 Å². The molecular weight excluding hydrogens is 192 g/mol. The largest absolute Gasteiger partial charge is 0.379 e. The van der Waals surface area contributed by atoms with E-state index in [1.807, 2.05) is 0 Å². The molecule has 2 unspecified atom stereocenters. The molecule has 1 aromatic rings. The van der Waals surface area contributed by atoms with Gasteiger partial charge in [-0.2, -0.15) is 10.5 Å². The molecule has 0 aliphatic carbocycles. The van der Waals surface area contributed by atoms with E-state index in [4.69, 9.17) is 4.74 Å². The highest BCUT2D eigenvalue weighted by Gasteiger charge is 2.19. The van der Waals surface area contributed by atoms with Crippen molar-refractivity contribution >= 4 is 16.4 Å². The summed E-state index contributed by atoms with van der Waals surface area (Å²) in [6, 6.07) is 8.57. The normalized spacial score (nSPS) is 27.5. The SMILES string of the molecule is C=S1CCOCC1c1ccccc1C. The van der Waals surface area contributed by atoms with E-state index in [-0.39, 0.29) is 10.5 Å². The van der Waals surface area contributed by atoms with Crippen LogP contribution < -0.4 is 0 Å². The molecule has 1 nitrogen and oxygen atoms in total. The topological polar surface area (TPSA) is 9.23 Å². The van der Waals surface area contributed by atoms with E-state index in [1.54, 1.807) is 0 Å². The van der Waals surface area contributed by atoms with Gasteiger partial charge in [0, 0.05) is 11.0 Å². The van der Waals surface area contributed by atoms with Gasteiger partial charge in [-0.15, -0.1) is 0 Å². The molecule has 2 rings (SSSR count). The molecule has 1 fully saturated rings. The highest BCUT2D eigenvalue weighted by molar-refractivity contribution is 8.14. The van der Waals surface area contributed by atoms with Crippen molar-refractivity contribution in [2.24, 2.45) is 0 Å². The molecule has 0 saturated carbocycles. The van der Waals surface area contributed by atoms with Crippen LogP contribution in [0.25, 0.3) is 0 Å². The van der Waals surface area contributed by atoms with E-state index in [0.717, 1.165) is 19.0 Å². The van der Waals surface area contributed by atoms with Gasteiger partial charge in [0.25, 0.3) is 0 Å². The lowest BCUT2D eigenvalue weighted by Gasteiger charge is -2.27. The molecule has 14 heavy (non-hydrogen) atoms. The fourth-order valence-corrected chi connectivity index (χ4v) is 3.34. The summed E-state index contributed by atoms with van der Waals surface area (Å²) < 4.78 is 5.53. The molecular formula is C12H16OS. The minimum absolute atomic E-state index is 0.236. The predicted molar refractivity (Wildman–Crippen MR) is 64.3 cm³/mol. The van der Waals surface area contributed by atoms with E-state index in [2.05, 4.69) is 37.1 Å². The van der Waals surface area contributed by atoms with Crippen LogP contribution in [0.5, 0.6) is 0 Å². The van der Waals surface area contributed by atoms with Gasteiger partial charge in [0.05, 0.1) is 13.2 Å². The summed E-state index contributed by atoms with van der Waals surface area (Å²) in [6.45, 7) is 3.90. The molecule has 1 aliphatic rings. The monoisotopic (exact) mass is 208 g/mol. The minimum atomic E-state index is 0.236. The summed E-state index contributed by atoms with van der Waals surface area (Å²) in [6.07, 6.45) is 0. The third kappa shape index (κ3) is 1.91. The Labute approximate surface area is 88.0 Å². The molecule has 2 heteroatoms. The van der Waals surface area contributed by atoms with E-state index in [1.165, 1.54) is 11.1 Å². The first-order chi connectivity index (χ1) is 6.79. The number of rotatable bonds is 1. The molecule has 0 N–H and O–H groups in total. The van der Waals surface area contributed by atoms with Crippen molar-refractivity contribution in [3.8, 4) is 0 Å². The van der Waals surface area contributed by atoms with Crippen LogP contribution >= 0.6 is 10.5 Å². The second-order valence-electron chi connectivity index (χ2n) is 3.66. The van der Waals surface area contributed by atoms with Crippen molar-refractivity contribution in [3.63, 3.8) is 0 Å². The average Bonchev–Trinajstić information content (AvgIpc) is 2.20. The van der Waals surface area contributed by atoms with Crippen LogP contribution in [0.4, 0.5) is 0 Å². The van der Waals surface area contributed by atoms with Crippen LogP contribution in [0.2, 0.25) is 0 Å². The van der Waals surface area contributed by atoms with Gasteiger partial charge in [0.1, 0.15) is 0 Å². The van der Waals surface area contributed by atoms with Crippen LogP contribution in [0.3, 0.4) is 0 Å². The van der Waals surface area contributed by atoms with E-state index >= 15 is 0 Å². The van der Waals surface area contributed by atoms with Gasteiger partial charge in [-0.25, -0.2) is 0 Å². The lowest BCUT2D eigenvalue weighted by Crippen LogP contribution is -2.17. The molecule has 1 aliphatic heterocycles. The molecule has 0 aromatic heterocycles. The van der Waals surface area contributed by atoms with Gasteiger partial charge in [-0.1, -0.05) is 30.1 Å². The molecule has 0 radical (unpaired) electrons. The standard InChI is InChI=1S/C12H16OS/c1-10-5-3-4-6-11(10)12-9-13-7-8-14(12)2/h3-6,12H,2,7-9H2,1H3. The maximum atomic E-state index is 5.53. The zero-order valence-corrected chi connectivity index (χ0v) is 9.35. The number of ether oxygens (including phenoxy) is 1. The molecule has 76 valence electrons. The Kier molecular flexibility index (Phi) is 3.04. The van der Waals surface area contributed by atoms with E-state index in [9.17, 15) is 0 Å². The Balaban J connectivity index is 2.29. The van der Waals surface area contributed by atoms with Crippen molar-refractivity contribution in [3.05, 3.63) is 35.4 Å². The van der Waals surface area contributed by atoms with Gasteiger partial charge < -0.3 is 4.74 Å². The number of hydrogen-bond acceptors (Lipinski definition) is 1. The Morgan fingerprint density at radius 2 is 2.21 bits per heavy atom. The van der Waals surface area contributed by atoms with Crippen LogP contribution in [0.1, 0.15) is 16.4 Å². The third-order valence-electron chi connectivity index (χ3n) is 2.70. The fraction of sp³-hybridized carbons (Fsp3) is 0.417. The van der Waals surface area contributed by atoms with Crippen LogP contribution in [-0.4, -0.2) is 24.8 Å². The summed E-state index contributed by atoms with van der Waals surface area (Å²) >= 11 is 0. The van der Waals surface area contributed by atoms with Gasteiger partial charge >= 0.3 is 0 Å². The van der Waals surface area contributed by atoms with Crippen LogP contribution in [0, 0.1) is 6.92 Å². The van der Waals surface area contributed by atoms with Crippen LogP contribution in [0.15, 0.2) is 24.3 Å². The maximum absolute atomic E-state index is 5.53. The van der Waals surface area contributed by atoms with Gasteiger partial charge in [-0.05, 0) is 18.1 Å². The molecule has 1 heterocycles. The summed E-state index contributed by atoms with van der Waals surface area (Å²) in [5.74, 6) is 5.35. The second kappa shape index (κ2) is 4.28. The quantitative estimate of drug-likeness (QED) is 0.645. The van der Waals surface area contributed by atoms with Crippen molar-refractivity contribution in [2.45, 2.75) is 12.2 Å². The predicted octanol–water partition coefficient (Wildman–Crippen LogP) is 2.77. The zero-order valence-electron chi connectivity index (χ0n) is 8.53. The molecule has 0 amide bonds. The lowest BCUT2D eigenvalue weighted by molar-refractivity contribution is 0.143. The van der Waals surface area contributed by atoms with E-state index in [0.29, 0.717) is 5.25 Å². The Morgan fingerprint density at radius 1 is 1.43 bits per heavy atom. The summed E-state index contributed by atoms with van der Waals surface area (Å²) in [7, 11) is 0.236. The number of aryl methyl sites for hydroxylation is 1. The third-order valence-corrected chi connectivity index (χ3v) is 4.58. The van der Waals surface area contributed by atoms with Gasteiger partial charge in [0.2, 0.25) is 0 Å². The van der Waals surface area contributed by atoms with E-state index < -0.39 is 0 Å². The molecule has 2 atom stereocenters. The minimum Gasteiger partial charge on any atom is -0.379 e. The molecule has 0 bridgehead atoms. The number of benzene rings is 1. The average molecular weight is 208 g/mol. The first-order valence-corrected chi connectivity index (χ1v) is 6.54. The van der Waals surface area contributed by atoms with Crippen molar-refractivity contribution in [1.29, 1.82) is 0 Å². The first-order valence-electron chi connectivity index (χ1n) is 4.91. The zero-order chi connectivity index (χ0) is 9.97. The molecule has 1 aromatic carbocycles. The summed E-state index contributed by atoms with van der Waals surface area (Å²) in [4.78, 5) is 0. The van der Waals surface area contributed by atoms with Gasteiger partial charge in [-0.3, -0.25) is 0 Å². The highest BCUT2D eigenvalue weighted by atomic mass is 32.2. The van der Waals surface area contributed by atoms with Crippen LogP contribution in [-0.2, 0) is 4.74 Å². The Morgan fingerprint density at radius 3 is 2.93 bits per heavy atom. The first kappa shape index (κ1) is 9.94. The fourth-order valence-electron chi connectivity index (χ4n) is 1.81.